The minimum absolute atomic E-state index is 0.0485. The van der Waals surface area contributed by atoms with Gasteiger partial charge in [-0.15, -0.1) is 0 Å². The summed E-state index contributed by atoms with van der Waals surface area (Å²) < 4.78 is 0.963. The first-order valence-corrected chi connectivity index (χ1v) is 7.97. The van der Waals surface area contributed by atoms with Crippen molar-refractivity contribution < 1.29 is 9.90 Å². The molecule has 0 saturated carbocycles. The van der Waals surface area contributed by atoms with Gasteiger partial charge in [-0.3, -0.25) is 4.90 Å². The van der Waals surface area contributed by atoms with Crippen LogP contribution in [-0.4, -0.2) is 35.2 Å². The van der Waals surface area contributed by atoms with E-state index in [2.05, 4.69) is 15.9 Å². The molecule has 0 aromatic heterocycles. The van der Waals surface area contributed by atoms with Crippen molar-refractivity contribution >= 4 is 27.6 Å². The first kappa shape index (κ1) is 15.1. The molecular weight excluding hydrogens is 344 g/mol. The molecule has 1 saturated heterocycles. The van der Waals surface area contributed by atoms with Crippen LogP contribution in [0.1, 0.15) is 5.56 Å². The fourth-order valence-corrected chi connectivity index (χ4v) is 2.99. The van der Waals surface area contributed by atoms with Crippen LogP contribution in [-0.2, 0) is 6.54 Å². The van der Waals surface area contributed by atoms with E-state index >= 15 is 0 Å². The number of amides is 2. The molecule has 0 spiro atoms. The Labute approximate surface area is 138 Å². The molecule has 1 aliphatic heterocycles. The molecule has 1 aliphatic rings. The summed E-state index contributed by atoms with van der Waals surface area (Å²) in [6.45, 7) is 1.04. The molecule has 1 N–H and O–H groups in total. The number of nitrogens with zero attached hydrogens (tertiary/aromatic N) is 2. The van der Waals surface area contributed by atoms with E-state index in [-0.39, 0.29) is 18.7 Å². The number of benzene rings is 2. The highest BCUT2D eigenvalue weighted by Gasteiger charge is 2.37. The lowest BCUT2D eigenvalue weighted by atomic mass is 10.2. The Morgan fingerprint density at radius 2 is 1.77 bits per heavy atom. The summed E-state index contributed by atoms with van der Waals surface area (Å²) >= 11 is 3.39. The maximum atomic E-state index is 12.7. The molecule has 5 heteroatoms. The largest absolute Gasteiger partial charge is 0.394 e. The maximum absolute atomic E-state index is 12.7. The van der Waals surface area contributed by atoms with Gasteiger partial charge in [0.1, 0.15) is 0 Å². The highest BCUT2D eigenvalue weighted by atomic mass is 79.9. The molecule has 4 nitrogen and oxygen atoms in total. The highest BCUT2D eigenvalue weighted by Crippen LogP contribution is 2.27. The smallest absolute Gasteiger partial charge is 0.325 e. The number of carbonyl (C=O) groups is 1. The molecule has 2 amide bonds. The minimum Gasteiger partial charge on any atom is -0.394 e. The number of aliphatic hydroxyl groups excluding tert-OH is 1. The van der Waals surface area contributed by atoms with Gasteiger partial charge in [0.05, 0.1) is 12.6 Å². The first-order valence-electron chi connectivity index (χ1n) is 7.17. The number of hydrogen-bond acceptors (Lipinski definition) is 2. The van der Waals surface area contributed by atoms with Crippen LogP contribution in [0, 0.1) is 0 Å². The third-order valence-electron chi connectivity index (χ3n) is 3.80. The average Bonchev–Trinajstić information content (AvgIpc) is 2.85. The van der Waals surface area contributed by atoms with E-state index < -0.39 is 0 Å². The molecular formula is C17H17BrN2O2. The van der Waals surface area contributed by atoms with Crippen molar-refractivity contribution in [2.24, 2.45) is 0 Å². The zero-order valence-electron chi connectivity index (χ0n) is 12.0. The number of urea groups is 1. The fourth-order valence-electron chi connectivity index (χ4n) is 2.72. The number of carbonyl (C=O) groups excluding carboxylic acids is 1. The van der Waals surface area contributed by atoms with Crippen molar-refractivity contribution in [3.8, 4) is 0 Å². The van der Waals surface area contributed by atoms with Crippen molar-refractivity contribution in [2.75, 3.05) is 18.1 Å². The molecule has 0 bridgehead atoms. The van der Waals surface area contributed by atoms with Crippen molar-refractivity contribution in [3.05, 3.63) is 64.6 Å². The summed E-state index contributed by atoms with van der Waals surface area (Å²) in [6, 6.07) is 17.2. The third kappa shape index (κ3) is 3.00. The van der Waals surface area contributed by atoms with Crippen molar-refractivity contribution in [2.45, 2.75) is 12.6 Å². The van der Waals surface area contributed by atoms with Crippen LogP contribution in [0.5, 0.6) is 0 Å². The standard InChI is InChI=1S/C17H17BrN2O2/c18-14-6-8-15(9-7-14)20-16(12-21)11-19(17(20)22)10-13-4-2-1-3-5-13/h1-9,16,21H,10-12H2. The van der Waals surface area contributed by atoms with Gasteiger partial charge < -0.3 is 10.0 Å². The van der Waals surface area contributed by atoms with Crippen molar-refractivity contribution in [3.63, 3.8) is 0 Å². The molecule has 0 radical (unpaired) electrons. The van der Waals surface area contributed by atoms with E-state index in [1.165, 1.54) is 0 Å². The SMILES string of the molecule is O=C1N(Cc2ccccc2)CC(CO)N1c1ccc(Br)cc1. The number of anilines is 1. The summed E-state index contributed by atoms with van der Waals surface area (Å²) in [7, 11) is 0. The minimum atomic E-state index is -0.211. The third-order valence-corrected chi connectivity index (χ3v) is 4.33. The molecule has 114 valence electrons. The van der Waals surface area contributed by atoms with Gasteiger partial charge in [-0.25, -0.2) is 4.79 Å². The Morgan fingerprint density at radius 1 is 1.09 bits per heavy atom. The monoisotopic (exact) mass is 360 g/mol. The maximum Gasteiger partial charge on any atom is 0.325 e. The Morgan fingerprint density at radius 3 is 2.41 bits per heavy atom. The Balaban J connectivity index is 1.82. The lowest BCUT2D eigenvalue weighted by molar-refractivity contribution is 0.217. The van der Waals surface area contributed by atoms with Crippen LogP contribution < -0.4 is 4.90 Å². The second-order valence-electron chi connectivity index (χ2n) is 5.33. The van der Waals surface area contributed by atoms with E-state index in [9.17, 15) is 9.90 Å². The molecule has 3 rings (SSSR count). The lowest BCUT2D eigenvalue weighted by Crippen LogP contribution is -2.36. The van der Waals surface area contributed by atoms with Gasteiger partial charge in [-0.1, -0.05) is 46.3 Å². The van der Waals surface area contributed by atoms with Crippen LogP contribution in [0.3, 0.4) is 0 Å². The second kappa shape index (κ2) is 6.50. The van der Waals surface area contributed by atoms with E-state index in [1.54, 1.807) is 9.80 Å². The number of aliphatic hydroxyl groups is 1. The normalized spacial score (nSPS) is 18.1. The Kier molecular flexibility index (Phi) is 4.45. The molecule has 22 heavy (non-hydrogen) atoms. The summed E-state index contributed by atoms with van der Waals surface area (Å²) in [6.07, 6.45) is 0. The summed E-state index contributed by atoms with van der Waals surface area (Å²) in [5.41, 5.74) is 1.90. The number of rotatable bonds is 4. The molecule has 1 fully saturated rings. The van der Waals surface area contributed by atoms with Gasteiger partial charge in [-0.05, 0) is 29.8 Å². The number of hydrogen-bond donors (Lipinski definition) is 1. The summed E-state index contributed by atoms with van der Waals surface area (Å²) in [5, 5.41) is 9.62. The van der Waals surface area contributed by atoms with Crippen LogP contribution >= 0.6 is 15.9 Å². The molecule has 0 aliphatic carbocycles. The van der Waals surface area contributed by atoms with E-state index in [0.29, 0.717) is 13.1 Å². The van der Waals surface area contributed by atoms with E-state index in [0.717, 1.165) is 15.7 Å². The van der Waals surface area contributed by atoms with Crippen molar-refractivity contribution in [1.82, 2.24) is 4.90 Å². The predicted molar refractivity (Wildman–Crippen MR) is 89.7 cm³/mol. The first-order chi connectivity index (χ1) is 10.7. The summed E-state index contributed by atoms with van der Waals surface area (Å²) in [5.74, 6) is 0. The molecule has 2 aromatic rings. The van der Waals surface area contributed by atoms with Crippen molar-refractivity contribution in [1.29, 1.82) is 0 Å². The van der Waals surface area contributed by atoms with E-state index in [1.807, 2.05) is 54.6 Å². The number of halogens is 1. The molecule has 1 unspecified atom stereocenters. The average molecular weight is 361 g/mol. The fraction of sp³-hybridized carbons (Fsp3) is 0.235. The zero-order chi connectivity index (χ0) is 15.5. The van der Waals surface area contributed by atoms with Gasteiger partial charge in [0.25, 0.3) is 0 Å². The van der Waals surface area contributed by atoms with Gasteiger partial charge >= 0.3 is 6.03 Å². The van der Waals surface area contributed by atoms with Crippen LogP contribution in [0.25, 0.3) is 0 Å². The van der Waals surface area contributed by atoms with Crippen LogP contribution in [0.4, 0.5) is 10.5 Å². The van der Waals surface area contributed by atoms with Gasteiger partial charge in [0, 0.05) is 23.2 Å². The van der Waals surface area contributed by atoms with E-state index in [4.69, 9.17) is 0 Å². The Bertz CT molecular complexity index is 645. The van der Waals surface area contributed by atoms with Crippen LogP contribution in [0.2, 0.25) is 0 Å². The molecule has 2 aromatic carbocycles. The second-order valence-corrected chi connectivity index (χ2v) is 6.25. The topological polar surface area (TPSA) is 43.8 Å². The predicted octanol–water partition coefficient (Wildman–Crippen LogP) is 3.25. The van der Waals surface area contributed by atoms with Gasteiger partial charge in [0.2, 0.25) is 0 Å². The van der Waals surface area contributed by atoms with Crippen LogP contribution in [0.15, 0.2) is 59.1 Å². The lowest BCUT2D eigenvalue weighted by Gasteiger charge is -2.22. The molecule has 1 atom stereocenters. The molecule has 1 heterocycles. The Hall–Kier alpha value is -1.85. The van der Waals surface area contributed by atoms with Gasteiger partial charge in [0.15, 0.2) is 0 Å². The summed E-state index contributed by atoms with van der Waals surface area (Å²) in [4.78, 5) is 16.1. The van der Waals surface area contributed by atoms with Gasteiger partial charge in [-0.2, -0.15) is 0 Å². The zero-order valence-corrected chi connectivity index (χ0v) is 13.6. The highest BCUT2D eigenvalue weighted by molar-refractivity contribution is 9.10. The quantitative estimate of drug-likeness (QED) is 0.909.